The summed E-state index contributed by atoms with van der Waals surface area (Å²) in [5.74, 6) is 0. The lowest BCUT2D eigenvalue weighted by molar-refractivity contribution is 0.549. The van der Waals surface area contributed by atoms with E-state index < -0.39 is 0 Å². The Balaban J connectivity index is 1.79. The molecule has 3 nitrogen and oxygen atoms in total. The summed E-state index contributed by atoms with van der Waals surface area (Å²) in [4.78, 5) is 4.16. The van der Waals surface area contributed by atoms with Crippen molar-refractivity contribution in [3.05, 3.63) is 42.2 Å². The summed E-state index contributed by atoms with van der Waals surface area (Å²) >= 11 is 0. The first-order valence-corrected chi connectivity index (χ1v) is 6.19. The Kier molecular flexibility index (Phi) is 3.03. The number of aromatic nitrogens is 1. The zero-order chi connectivity index (χ0) is 11.5. The first-order chi connectivity index (χ1) is 8.43. The second-order valence-corrected chi connectivity index (χ2v) is 4.58. The van der Waals surface area contributed by atoms with Gasteiger partial charge in [0, 0.05) is 36.9 Å². The van der Waals surface area contributed by atoms with E-state index in [0.29, 0.717) is 6.04 Å². The van der Waals surface area contributed by atoms with E-state index in [4.69, 9.17) is 0 Å². The van der Waals surface area contributed by atoms with Crippen molar-refractivity contribution in [2.45, 2.75) is 19.0 Å². The van der Waals surface area contributed by atoms with Crippen LogP contribution in [0.3, 0.4) is 0 Å². The van der Waals surface area contributed by atoms with E-state index in [2.05, 4.69) is 39.9 Å². The molecular weight excluding hydrogens is 210 g/mol. The number of nitrogens with zero attached hydrogens (tertiary/aromatic N) is 1. The summed E-state index contributed by atoms with van der Waals surface area (Å²) in [7, 11) is 0. The second kappa shape index (κ2) is 4.82. The van der Waals surface area contributed by atoms with Crippen molar-refractivity contribution >= 4 is 10.8 Å². The predicted octanol–water partition coefficient (Wildman–Crippen LogP) is 1.69. The molecule has 0 aliphatic carbocycles. The smallest absolute Gasteiger partial charge is 0.0346 e. The van der Waals surface area contributed by atoms with Crippen LogP contribution in [-0.4, -0.2) is 24.1 Å². The van der Waals surface area contributed by atoms with Gasteiger partial charge in [-0.1, -0.05) is 18.2 Å². The van der Waals surface area contributed by atoms with Gasteiger partial charge >= 0.3 is 0 Å². The fraction of sp³-hybridized carbons (Fsp3) is 0.357. The van der Waals surface area contributed by atoms with Gasteiger partial charge in [-0.2, -0.15) is 0 Å². The molecule has 1 saturated heterocycles. The number of nitrogens with one attached hydrogen (secondary N) is 2. The summed E-state index contributed by atoms with van der Waals surface area (Å²) in [6.45, 7) is 3.16. The van der Waals surface area contributed by atoms with Crippen LogP contribution in [0.4, 0.5) is 0 Å². The minimum atomic E-state index is 0.618. The first kappa shape index (κ1) is 10.7. The Bertz CT molecular complexity index is 498. The summed E-state index contributed by atoms with van der Waals surface area (Å²) < 4.78 is 0. The van der Waals surface area contributed by atoms with Gasteiger partial charge in [-0.3, -0.25) is 4.98 Å². The monoisotopic (exact) mass is 227 g/mol. The topological polar surface area (TPSA) is 37.0 Å². The minimum absolute atomic E-state index is 0.618. The quantitative estimate of drug-likeness (QED) is 0.837. The van der Waals surface area contributed by atoms with Crippen molar-refractivity contribution in [2.24, 2.45) is 0 Å². The average Bonchev–Trinajstić information content (AvgIpc) is 2.89. The highest BCUT2D eigenvalue weighted by Crippen LogP contribution is 2.17. The van der Waals surface area contributed by atoms with E-state index in [0.717, 1.165) is 19.6 Å². The molecule has 88 valence electrons. The van der Waals surface area contributed by atoms with Crippen LogP contribution in [0.15, 0.2) is 36.7 Å². The lowest BCUT2D eigenvalue weighted by atomic mass is 10.1. The highest BCUT2D eigenvalue weighted by molar-refractivity contribution is 5.84. The molecule has 1 aliphatic rings. The number of hydrogen-bond acceptors (Lipinski definition) is 3. The van der Waals surface area contributed by atoms with Crippen molar-refractivity contribution in [1.29, 1.82) is 0 Å². The van der Waals surface area contributed by atoms with Gasteiger partial charge in [-0.15, -0.1) is 0 Å². The molecule has 1 aliphatic heterocycles. The lowest BCUT2D eigenvalue weighted by Gasteiger charge is -2.12. The molecular formula is C14H17N3. The van der Waals surface area contributed by atoms with Gasteiger partial charge in [0.05, 0.1) is 0 Å². The van der Waals surface area contributed by atoms with Gasteiger partial charge in [0.1, 0.15) is 0 Å². The molecule has 0 bridgehead atoms. The molecule has 0 saturated carbocycles. The predicted molar refractivity (Wildman–Crippen MR) is 69.9 cm³/mol. The fourth-order valence-electron chi connectivity index (χ4n) is 2.43. The van der Waals surface area contributed by atoms with Gasteiger partial charge in [0.25, 0.3) is 0 Å². The zero-order valence-electron chi connectivity index (χ0n) is 9.82. The molecule has 1 aromatic carbocycles. The van der Waals surface area contributed by atoms with Crippen molar-refractivity contribution < 1.29 is 0 Å². The molecule has 0 amide bonds. The van der Waals surface area contributed by atoms with Gasteiger partial charge in [-0.25, -0.2) is 0 Å². The third-order valence-corrected chi connectivity index (χ3v) is 3.41. The highest BCUT2D eigenvalue weighted by atomic mass is 15.0. The highest BCUT2D eigenvalue weighted by Gasteiger charge is 2.13. The van der Waals surface area contributed by atoms with E-state index in [1.54, 1.807) is 0 Å². The Morgan fingerprint density at radius 3 is 3.24 bits per heavy atom. The number of benzene rings is 1. The Morgan fingerprint density at radius 2 is 2.35 bits per heavy atom. The average molecular weight is 227 g/mol. The molecule has 1 atom stereocenters. The van der Waals surface area contributed by atoms with Gasteiger partial charge in [0.15, 0.2) is 0 Å². The molecule has 0 radical (unpaired) electrons. The molecule has 2 heterocycles. The van der Waals surface area contributed by atoms with E-state index in [9.17, 15) is 0 Å². The summed E-state index contributed by atoms with van der Waals surface area (Å²) in [5.41, 5.74) is 1.36. The number of pyridine rings is 1. The van der Waals surface area contributed by atoms with Crippen molar-refractivity contribution in [2.75, 3.05) is 13.1 Å². The molecule has 2 N–H and O–H groups in total. The molecule has 0 spiro atoms. The molecule has 3 heteroatoms. The maximum Gasteiger partial charge on any atom is 0.0346 e. The standard InChI is InChI=1S/C14H17N3/c1-2-11-8-15-7-5-14(11)12(3-1)9-17-13-4-6-16-10-13/h1-3,5,7-8,13,16-17H,4,6,9-10H2. The largest absolute Gasteiger partial charge is 0.315 e. The molecule has 3 rings (SSSR count). The fourth-order valence-corrected chi connectivity index (χ4v) is 2.43. The van der Waals surface area contributed by atoms with E-state index in [-0.39, 0.29) is 0 Å². The number of rotatable bonds is 3. The van der Waals surface area contributed by atoms with E-state index >= 15 is 0 Å². The van der Waals surface area contributed by atoms with Crippen molar-refractivity contribution in [3.63, 3.8) is 0 Å². The zero-order valence-corrected chi connectivity index (χ0v) is 9.82. The normalized spacial score (nSPS) is 19.9. The van der Waals surface area contributed by atoms with Crippen LogP contribution in [0.5, 0.6) is 0 Å². The Hall–Kier alpha value is -1.45. The maximum atomic E-state index is 4.16. The van der Waals surface area contributed by atoms with Crippen molar-refractivity contribution in [1.82, 2.24) is 15.6 Å². The SMILES string of the molecule is c1cc(CNC2CCNC2)c2ccncc2c1. The van der Waals surface area contributed by atoms with E-state index in [1.165, 1.54) is 22.8 Å². The third-order valence-electron chi connectivity index (χ3n) is 3.41. The Morgan fingerprint density at radius 1 is 1.35 bits per heavy atom. The molecule has 1 unspecified atom stereocenters. The van der Waals surface area contributed by atoms with Crippen LogP contribution < -0.4 is 10.6 Å². The van der Waals surface area contributed by atoms with Crippen LogP contribution >= 0.6 is 0 Å². The van der Waals surface area contributed by atoms with Gasteiger partial charge in [-0.05, 0) is 30.0 Å². The van der Waals surface area contributed by atoms with Gasteiger partial charge < -0.3 is 10.6 Å². The van der Waals surface area contributed by atoms with Crippen LogP contribution in [0.2, 0.25) is 0 Å². The first-order valence-electron chi connectivity index (χ1n) is 6.19. The third kappa shape index (κ3) is 2.30. The van der Waals surface area contributed by atoms with Gasteiger partial charge in [0.2, 0.25) is 0 Å². The van der Waals surface area contributed by atoms with Crippen LogP contribution in [-0.2, 0) is 6.54 Å². The molecule has 1 fully saturated rings. The lowest BCUT2D eigenvalue weighted by Crippen LogP contribution is -2.30. The summed E-state index contributed by atoms with van der Waals surface area (Å²) in [5, 5.41) is 9.51. The second-order valence-electron chi connectivity index (χ2n) is 4.58. The van der Waals surface area contributed by atoms with Crippen LogP contribution in [0, 0.1) is 0 Å². The Labute approximate surface area is 101 Å². The maximum absolute atomic E-state index is 4.16. The van der Waals surface area contributed by atoms with Crippen molar-refractivity contribution in [3.8, 4) is 0 Å². The number of fused-ring (bicyclic) bond motifs is 1. The number of hydrogen-bond donors (Lipinski definition) is 2. The van der Waals surface area contributed by atoms with Crippen LogP contribution in [0.1, 0.15) is 12.0 Å². The van der Waals surface area contributed by atoms with E-state index in [1.807, 2.05) is 12.4 Å². The molecule has 2 aromatic rings. The summed E-state index contributed by atoms with van der Waals surface area (Å²) in [6.07, 6.45) is 5.02. The summed E-state index contributed by atoms with van der Waals surface area (Å²) in [6, 6.07) is 9.13. The molecule has 1 aromatic heterocycles. The minimum Gasteiger partial charge on any atom is -0.315 e. The molecule has 17 heavy (non-hydrogen) atoms. The van der Waals surface area contributed by atoms with Crippen LogP contribution in [0.25, 0.3) is 10.8 Å².